The van der Waals surface area contributed by atoms with Crippen LogP contribution < -0.4 is 14.8 Å². The van der Waals surface area contributed by atoms with Crippen molar-refractivity contribution < 1.29 is 9.47 Å². The predicted molar refractivity (Wildman–Crippen MR) is 82.4 cm³/mol. The van der Waals surface area contributed by atoms with Gasteiger partial charge in [0.2, 0.25) is 0 Å². The molecule has 0 bridgehead atoms. The highest BCUT2D eigenvalue weighted by molar-refractivity contribution is 7.17. The molecule has 0 saturated heterocycles. The van der Waals surface area contributed by atoms with Crippen molar-refractivity contribution in [3.05, 3.63) is 42.0 Å². The van der Waals surface area contributed by atoms with Gasteiger partial charge in [-0.2, -0.15) is 0 Å². The van der Waals surface area contributed by atoms with Gasteiger partial charge in [0.25, 0.3) is 0 Å². The minimum Gasteiger partial charge on any atom is -0.497 e. The van der Waals surface area contributed by atoms with Gasteiger partial charge in [0.1, 0.15) is 11.5 Å². The average Bonchev–Trinajstić information content (AvgIpc) is 2.96. The van der Waals surface area contributed by atoms with Gasteiger partial charge in [-0.1, -0.05) is 0 Å². The van der Waals surface area contributed by atoms with Crippen LogP contribution >= 0.6 is 11.3 Å². The molecule has 0 radical (unpaired) electrons. The van der Waals surface area contributed by atoms with E-state index < -0.39 is 0 Å². The maximum absolute atomic E-state index is 5.27. The highest BCUT2D eigenvalue weighted by Gasteiger charge is 2.06. The average molecular weight is 286 g/mol. The van der Waals surface area contributed by atoms with Gasteiger partial charge in [-0.05, 0) is 11.4 Å². The van der Waals surface area contributed by atoms with Crippen molar-refractivity contribution in [2.45, 2.75) is 0 Å². The molecule has 0 saturated carbocycles. The first-order valence-corrected chi connectivity index (χ1v) is 6.99. The first kappa shape index (κ1) is 12.7. The highest BCUT2D eigenvalue weighted by atomic mass is 32.1. The standard InChI is InChI=1S/C15H14N2O2S/c1-18-11-5-10(6-12(7-11)19-2)17-14-8-16-9-15-13(14)3-4-20-15/h3-9,17H,1-2H3. The summed E-state index contributed by atoms with van der Waals surface area (Å²) < 4.78 is 11.7. The zero-order valence-corrected chi connectivity index (χ0v) is 12.0. The summed E-state index contributed by atoms with van der Waals surface area (Å²) in [5, 5.41) is 6.58. The number of aromatic nitrogens is 1. The summed E-state index contributed by atoms with van der Waals surface area (Å²) in [7, 11) is 3.28. The lowest BCUT2D eigenvalue weighted by atomic mass is 10.2. The molecule has 4 nitrogen and oxygen atoms in total. The fourth-order valence-electron chi connectivity index (χ4n) is 2.03. The Balaban J connectivity index is 2.00. The number of rotatable bonds is 4. The molecule has 0 spiro atoms. The third-order valence-corrected chi connectivity index (χ3v) is 3.86. The van der Waals surface area contributed by atoms with Gasteiger partial charge in [-0.15, -0.1) is 11.3 Å². The van der Waals surface area contributed by atoms with Crippen LogP contribution in [-0.2, 0) is 0 Å². The van der Waals surface area contributed by atoms with Crippen LogP contribution in [0.4, 0.5) is 11.4 Å². The van der Waals surface area contributed by atoms with E-state index in [4.69, 9.17) is 9.47 Å². The van der Waals surface area contributed by atoms with Gasteiger partial charge >= 0.3 is 0 Å². The molecule has 0 unspecified atom stereocenters. The lowest BCUT2D eigenvalue weighted by molar-refractivity contribution is 0.395. The highest BCUT2D eigenvalue weighted by Crippen LogP contribution is 2.32. The Hall–Kier alpha value is -2.27. The predicted octanol–water partition coefficient (Wildman–Crippen LogP) is 4.06. The van der Waals surface area contributed by atoms with Crippen molar-refractivity contribution in [1.82, 2.24) is 4.98 Å². The molecule has 3 aromatic rings. The molecule has 0 atom stereocenters. The van der Waals surface area contributed by atoms with Gasteiger partial charge < -0.3 is 14.8 Å². The third kappa shape index (κ3) is 2.40. The van der Waals surface area contributed by atoms with E-state index in [-0.39, 0.29) is 0 Å². The Kier molecular flexibility index (Phi) is 3.43. The van der Waals surface area contributed by atoms with Crippen LogP contribution in [0.15, 0.2) is 42.0 Å². The Morgan fingerprint density at radius 3 is 2.50 bits per heavy atom. The summed E-state index contributed by atoms with van der Waals surface area (Å²) >= 11 is 1.68. The molecule has 0 fully saturated rings. The zero-order valence-electron chi connectivity index (χ0n) is 11.2. The number of hydrogen-bond acceptors (Lipinski definition) is 5. The van der Waals surface area contributed by atoms with Gasteiger partial charge in [0.05, 0.1) is 30.8 Å². The van der Waals surface area contributed by atoms with Crippen LogP contribution in [0, 0.1) is 0 Å². The fourth-order valence-corrected chi connectivity index (χ4v) is 2.80. The number of methoxy groups -OCH3 is 2. The number of anilines is 2. The first-order valence-electron chi connectivity index (χ1n) is 6.11. The van der Waals surface area contributed by atoms with Crippen molar-refractivity contribution in [2.75, 3.05) is 19.5 Å². The monoisotopic (exact) mass is 286 g/mol. The summed E-state index contributed by atoms with van der Waals surface area (Å²) in [6, 6.07) is 7.78. The second-order valence-corrected chi connectivity index (χ2v) is 5.19. The Labute approximate surface area is 121 Å². The molecular formula is C15H14N2O2S. The van der Waals surface area contributed by atoms with E-state index in [1.54, 1.807) is 25.6 Å². The summed E-state index contributed by atoms with van der Waals surface area (Å²) in [4.78, 5) is 4.25. The van der Waals surface area contributed by atoms with Crippen molar-refractivity contribution in [2.24, 2.45) is 0 Å². The summed E-state index contributed by atoms with van der Waals surface area (Å²) in [6.45, 7) is 0. The number of nitrogens with one attached hydrogen (secondary N) is 1. The Morgan fingerprint density at radius 2 is 1.80 bits per heavy atom. The second-order valence-electron chi connectivity index (χ2n) is 4.25. The fraction of sp³-hybridized carbons (Fsp3) is 0.133. The minimum absolute atomic E-state index is 0.748. The summed E-state index contributed by atoms with van der Waals surface area (Å²) in [5.41, 5.74) is 1.88. The van der Waals surface area contributed by atoms with E-state index in [9.17, 15) is 0 Å². The van der Waals surface area contributed by atoms with E-state index in [0.717, 1.165) is 33.0 Å². The first-order chi connectivity index (χ1) is 9.80. The van der Waals surface area contributed by atoms with Crippen LogP contribution in [0.25, 0.3) is 10.1 Å². The molecule has 0 amide bonds. The molecule has 2 aromatic heterocycles. The molecule has 1 aromatic carbocycles. The van der Waals surface area contributed by atoms with Crippen molar-refractivity contribution in [3.63, 3.8) is 0 Å². The number of thiophene rings is 1. The summed E-state index contributed by atoms with van der Waals surface area (Å²) in [5.74, 6) is 1.50. The normalized spacial score (nSPS) is 10.5. The largest absolute Gasteiger partial charge is 0.497 e. The Bertz CT molecular complexity index is 717. The molecule has 20 heavy (non-hydrogen) atoms. The number of pyridine rings is 1. The molecule has 0 aliphatic carbocycles. The number of nitrogens with zero attached hydrogens (tertiary/aromatic N) is 1. The Morgan fingerprint density at radius 1 is 1.05 bits per heavy atom. The minimum atomic E-state index is 0.748. The van der Waals surface area contributed by atoms with E-state index in [0.29, 0.717) is 0 Å². The molecule has 1 N–H and O–H groups in total. The number of hydrogen-bond donors (Lipinski definition) is 1. The lowest BCUT2D eigenvalue weighted by Gasteiger charge is -2.11. The molecule has 2 heterocycles. The van der Waals surface area contributed by atoms with Gasteiger partial charge in [-0.25, -0.2) is 0 Å². The number of fused-ring (bicyclic) bond motifs is 1. The maximum atomic E-state index is 5.27. The molecule has 0 aliphatic heterocycles. The number of benzene rings is 1. The molecular weight excluding hydrogens is 272 g/mol. The molecule has 0 aliphatic rings. The van der Waals surface area contributed by atoms with Gasteiger partial charge in [0, 0.05) is 35.5 Å². The van der Waals surface area contributed by atoms with Crippen LogP contribution in [0.1, 0.15) is 0 Å². The summed E-state index contributed by atoms with van der Waals surface area (Å²) in [6.07, 6.45) is 3.69. The third-order valence-electron chi connectivity index (χ3n) is 3.01. The molecule has 5 heteroatoms. The maximum Gasteiger partial charge on any atom is 0.124 e. The zero-order chi connectivity index (χ0) is 13.9. The lowest BCUT2D eigenvalue weighted by Crippen LogP contribution is -1.94. The van der Waals surface area contributed by atoms with Crippen molar-refractivity contribution in [3.8, 4) is 11.5 Å². The van der Waals surface area contributed by atoms with Crippen molar-refractivity contribution in [1.29, 1.82) is 0 Å². The number of ether oxygens (including phenoxy) is 2. The molecule has 102 valence electrons. The topological polar surface area (TPSA) is 43.4 Å². The van der Waals surface area contributed by atoms with Crippen LogP contribution in [0.5, 0.6) is 11.5 Å². The van der Waals surface area contributed by atoms with E-state index in [2.05, 4.69) is 21.7 Å². The van der Waals surface area contributed by atoms with E-state index >= 15 is 0 Å². The van der Waals surface area contributed by atoms with Crippen LogP contribution in [0.3, 0.4) is 0 Å². The van der Waals surface area contributed by atoms with Crippen LogP contribution in [0.2, 0.25) is 0 Å². The van der Waals surface area contributed by atoms with E-state index in [1.165, 1.54) is 0 Å². The van der Waals surface area contributed by atoms with Crippen LogP contribution in [-0.4, -0.2) is 19.2 Å². The second kappa shape index (κ2) is 5.38. The SMILES string of the molecule is COc1cc(Nc2cncc3sccc23)cc(OC)c1. The van der Waals surface area contributed by atoms with Crippen molar-refractivity contribution >= 4 is 32.8 Å². The quantitative estimate of drug-likeness (QED) is 0.785. The van der Waals surface area contributed by atoms with Gasteiger partial charge in [0.15, 0.2) is 0 Å². The smallest absolute Gasteiger partial charge is 0.124 e. The van der Waals surface area contributed by atoms with E-state index in [1.807, 2.05) is 30.6 Å². The molecule has 3 rings (SSSR count). The van der Waals surface area contributed by atoms with Gasteiger partial charge in [-0.3, -0.25) is 4.98 Å².